The van der Waals surface area contributed by atoms with Gasteiger partial charge in [0.15, 0.2) is 16.6 Å². The molecule has 1 saturated heterocycles. The van der Waals surface area contributed by atoms with Gasteiger partial charge in [-0.1, -0.05) is 97.2 Å². The Labute approximate surface area is 314 Å². The SMILES string of the molecule is CC1(C)C(/C=C(\Cl)c2ccc(Cl)cc2)C1C(=O)OC(C#N)c1ccc(F)c(Oc2ccccc2)c1.O=[N+]([O-])/N=C1\NCCN1Cc1ccc(Cl)nc1. The molecule has 0 bridgehead atoms. The van der Waals surface area contributed by atoms with Gasteiger partial charge in [0, 0.05) is 41.4 Å². The number of nitrogens with zero attached hydrogens (tertiary/aromatic N) is 5. The van der Waals surface area contributed by atoms with Crippen molar-refractivity contribution in [2.24, 2.45) is 22.4 Å². The number of ether oxygens (including phenoxy) is 2. The quantitative estimate of drug-likeness (QED) is 0.0727. The normalized spacial score (nSPS) is 18.7. The molecule has 0 radical (unpaired) electrons. The summed E-state index contributed by atoms with van der Waals surface area (Å²) in [5.74, 6) is -1.08. The van der Waals surface area contributed by atoms with E-state index >= 15 is 0 Å². The number of para-hydroxylation sites is 1. The molecule has 3 atom stereocenters. The number of esters is 1. The van der Waals surface area contributed by atoms with Crippen LogP contribution >= 0.6 is 34.8 Å². The molecule has 0 amide bonds. The van der Waals surface area contributed by atoms with Gasteiger partial charge < -0.3 is 19.7 Å². The van der Waals surface area contributed by atoms with E-state index in [1.54, 1.807) is 65.7 Å². The third kappa shape index (κ3) is 9.76. The third-order valence-corrected chi connectivity index (χ3v) is 9.31. The predicted octanol–water partition coefficient (Wildman–Crippen LogP) is 8.62. The number of hydrogen-bond acceptors (Lipinski definition) is 7. The fourth-order valence-electron chi connectivity index (χ4n) is 5.61. The van der Waals surface area contributed by atoms with Crippen molar-refractivity contribution in [3.8, 4) is 17.6 Å². The number of allylic oxidation sites excluding steroid dienone is 1. The number of aromatic nitrogens is 1. The van der Waals surface area contributed by atoms with Gasteiger partial charge in [-0.2, -0.15) is 5.26 Å². The van der Waals surface area contributed by atoms with Crippen molar-refractivity contribution in [2.45, 2.75) is 26.5 Å². The van der Waals surface area contributed by atoms with Gasteiger partial charge >= 0.3 is 5.97 Å². The molecular weight excluding hydrogens is 734 g/mol. The molecule has 1 N–H and O–H groups in total. The smallest absolute Gasteiger partial charge is 0.311 e. The molecule has 15 heteroatoms. The van der Waals surface area contributed by atoms with E-state index in [0.717, 1.165) is 11.1 Å². The lowest BCUT2D eigenvalue weighted by atomic mass is 10.1. The third-order valence-electron chi connectivity index (χ3n) is 8.49. The van der Waals surface area contributed by atoms with Gasteiger partial charge in [0.25, 0.3) is 5.96 Å². The van der Waals surface area contributed by atoms with Crippen molar-refractivity contribution < 1.29 is 23.7 Å². The summed E-state index contributed by atoms with van der Waals surface area (Å²) in [6.45, 7) is 5.72. The van der Waals surface area contributed by atoms with E-state index in [4.69, 9.17) is 44.3 Å². The molecule has 3 unspecified atom stereocenters. The fraction of sp³-hybridized carbons (Fsp3) is 0.243. The minimum absolute atomic E-state index is 0.0627. The number of nitrogens with one attached hydrogen (secondary N) is 1. The molecule has 2 heterocycles. The number of benzene rings is 3. The number of pyridine rings is 1. The molecule has 268 valence electrons. The van der Waals surface area contributed by atoms with Crippen LogP contribution in [-0.4, -0.2) is 39.9 Å². The van der Waals surface area contributed by atoms with Crippen LogP contribution in [0.15, 0.2) is 102 Å². The van der Waals surface area contributed by atoms with E-state index in [1.807, 2.05) is 38.1 Å². The van der Waals surface area contributed by atoms with Crippen molar-refractivity contribution in [3.63, 3.8) is 0 Å². The summed E-state index contributed by atoms with van der Waals surface area (Å²) in [6.07, 6.45) is 2.26. The summed E-state index contributed by atoms with van der Waals surface area (Å²) in [6, 6.07) is 25.3. The lowest BCUT2D eigenvalue weighted by Crippen LogP contribution is -2.30. The standard InChI is InChI=1S/C28H22Cl2FNO3.C9H10ClN5O2/c1-28(2)21(15-22(30)17-8-11-19(29)12-9-17)26(28)27(33)35-25(16-32)18-10-13-23(31)24(14-18)34-20-6-4-3-5-7-20;10-8-2-1-7(5-12-8)6-14-4-3-11-9(14)13-15(16)17/h3-15,21,25-26H,1-2H3;1-2,5H,3-4,6H2,(H,11,13)/b22-15-;. The summed E-state index contributed by atoms with van der Waals surface area (Å²) in [7, 11) is 0. The first kappa shape index (κ1) is 38.0. The van der Waals surface area contributed by atoms with Gasteiger partial charge in [0.2, 0.25) is 6.10 Å². The molecule has 11 nitrogen and oxygen atoms in total. The second-order valence-corrected chi connectivity index (χ2v) is 13.6. The van der Waals surface area contributed by atoms with Gasteiger partial charge in [0.05, 0.1) is 5.92 Å². The summed E-state index contributed by atoms with van der Waals surface area (Å²) in [5.41, 5.74) is 1.64. The summed E-state index contributed by atoms with van der Waals surface area (Å²) in [4.78, 5) is 29.1. The molecule has 6 rings (SSSR count). The minimum Gasteiger partial charge on any atom is -0.454 e. The number of hydrogen-bond donors (Lipinski definition) is 1. The first-order chi connectivity index (χ1) is 24.8. The van der Waals surface area contributed by atoms with Gasteiger partial charge in [-0.3, -0.25) is 4.79 Å². The van der Waals surface area contributed by atoms with Crippen molar-refractivity contribution in [2.75, 3.05) is 13.1 Å². The van der Waals surface area contributed by atoms with Gasteiger partial charge in [-0.05, 0) is 64.9 Å². The van der Waals surface area contributed by atoms with Crippen molar-refractivity contribution >= 4 is 51.8 Å². The van der Waals surface area contributed by atoms with E-state index in [9.17, 15) is 24.6 Å². The predicted molar refractivity (Wildman–Crippen MR) is 195 cm³/mol. The number of nitro groups is 1. The highest BCUT2D eigenvalue weighted by atomic mass is 35.5. The Kier molecular flexibility index (Phi) is 12.3. The van der Waals surface area contributed by atoms with Crippen molar-refractivity contribution in [3.05, 3.63) is 140 Å². The zero-order chi connectivity index (χ0) is 37.4. The Morgan fingerprint density at radius 1 is 1.17 bits per heavy atom. The van der Waals surface area contributed by atoms with E-state index in [1.165, 1.54) is 18.2 Å². The van der Waals surface area contributed by atoms with Crippen LogP contribution in [0.3, 0.4) is 0 Å². The fourth-order valence-corrected chi connectivity index (χ4v) is 6.11. The lowest BCUT2D eigenvalue weighted by molar-refractivity contribution is -0.485. The molecule has 1 aliphatic heterocycles. The molecular formula is C37H32Cl3FN6O5. The number of hydrazone groups is 1. The molecule has 4 aromatic rings. The van der Waals surface area contributed by atoms with Crippen molar-refractivity contribution in [1.82, 2.24) is 15.2 Å². The zero-order valence-electron chi connectivity index (χ0n) is 27.9. The molecule has 1 saturated carbocycles. The Morgan fingerprint density at radius 3 is 2.56 bits per heavy atom. The van der Waals surface area contributed by atoms with Crippen LogP contribution in [0.1, 0.15) is 36.6 Å². The number of carbonyl (C=O) groups is 1. The largest absolute Gasteiger partial charge is 0.454 e. The van der Waals surface area contributed by atoms with Crippen molar-refractivity contribution in [1.29, 1.82) is 5.26 Å². The average Bonchev–Trinajstić information content (AvgIpc) is 3.40. The van der Waals surface area contributed by atoms with Crippen LogP contribution in [-0.2, 0) is 16.1 Å². The maximum Gasteiger partial charge on any atom is 0.311 e. The minimum atomic E-state index is -1.21. The highest BCUT2D eigenvalue weighted by Crippen LogP contribution is 2.60. The number of carbonyl (C=O) groups excluding carboxylic acids is 1. The highest BCUT2D eigenvalue weighted by Gasteiger charge is 2.62. The molecule has 1 aliphatic carbocycles. The highest BCUT2D eigenvalue weighted by molar-refractivity contribution is 6.48. The van der Waals surface area contributed by atoms with Gasteiger partial charge in [0.1, 0.15) is 22.1 Å². The first-order valence-electron chi connectivity index (χ1n) is 15.9. The molecule has 3 aromatic carbocycles. The maximum absolute atomic E-state index is 14.3. The van der Waals surface area contributed by atoms with Gasteiger partial charge in [-0.25, -0.2) is 19.5 Å². The number of guanidine groups is 1. The summed E-state index contributed by atoms with van der Waals surface area (Å²) in [5, 5.41) is 27.0. The van der Waals surface area contributed by atoms with Crippen LogP contribution in [0.4, 0.5) is 4.39 Å². The number of halogens is 4. The Hall–Kier alpha value is -5.22. The van der Waals surface area contributed by atoms with Crippen LogP contribution < -0.4 is 10.1 Å². The first-order valence-corrected chi connectivity index (χ1v) is 17.1. The summed E-state index contributed by atoms with van der Waals surface area (Å²) >= 11 is 18.1. The molecule has 0 spiro atoms. The van der Waals surface area contributed by atoms with E-state index in [-0.39, 0.29) is 17.6 Å². The Bertz CT molecular complexity index is 2010. The van der Waals surface area contributed by atoms with Gasteiger partial charge in [-0.15, -0.1) is 0 Å². The molecule has 2 fully saturated rings. The second kappa shape index (κ2) is 16.9. The van der Waals surface area contributed by atoms with Crippen LogP contribution in [0.2, 0.25) is 10.2 Å². The topological polar surface area (TPSA) is 143 Å². The zero-order valence-corrected chi connectivity index (χ0v) is 30.1. The van der Waals surface area contributed by atoms with E-state index < -0.39 is 34.3 Å². The molecule has 2 aliphatic rings. The second-order valence-electron chi connectivity index (χ2n) is 12.4. The lowest BCUT2D eigenvalue weighted by Gasteiger charge is -2.14. The van der Waals surface area contributed by atoms with Crippen LogP contribution in [0, 0.1) is 44.5 Å². The number of nitriles is 1. The summed E-state index contributed by atoms with van der Waals surface area (Å²) < 4.78 is 25.5. The number of rotatable bonds is 10. The van der Waals surface area contributed by atoms with Crippen LogP contribution in [0.25, 0.3) is 5.03 Å². The Balaban J connectivity index is 0.000000257. The van der Waals surface area contributed by atoms with E-state index in [0.29, 0.717) is 46.2 Å². The molecule has 1 aromatic heterocycles. The maximum atomic E-state index is 14.3. The monoisotopic (exact) mass is 764 g/mol. The van der Waals surface area contributed by atoms with Crippen LogP contribution in [0.5, 0.6) is 11.5 Å². The van der Waals surface area contributed by atoms with E-state index in [2.05, 4.69) is 15.4 Å². The Morgan fingerprint density at radius 2 is 1.90 bits per heavy atom. The molecule has 52 heavy (non-hydrogen) atoms. The average molecular weight is 766 g/mol.